The molecule has 0 aliphatic carbocycles. The summed E-state index contributed by atoms with van der Waals surface area (Å²) < 4.78 is 35.1. The van der Waals surface area contributed by atoms with Crippen molar-refractivity contribution in [2.24, 2.45) is 0 Å². The van der Waals surface area contributed by atoms with E-state index in [1.807, 2.05) is 0 Å². The Morgan fingerprint density at radius 3 is 2.73 bits per heavy atom. The summed E-state index contributed by atoms with van der Waals surface area (Å²) in [4.78, 5) is 14.7. The lowest BCUT2D eigenvalue weighted by Crippen LogP contribution is -2.34. The van der Waals surface area contributed by atoms with E-state index in [9.17, 15) is 18.0 Å². The van der Waals surface area contributed by atoms with Crippen LogP contribution >= 0.6 is 11.3 Å². The first-order valence-corrected chi connectivity index (χ1v) is 4.78. The van der Waals surface area contributed by atoms with Crippen molar-refractivity contribution in [2.45, 2.75) is 12.6 Å². The first kappa shape index (κ1) is 11.8. The monoisotopic (exact) mass is 239 g/mol. The number of nitrogens with zero attached hydrogens (tertiary/aromatic N) is 1. The standard InChI is InChI=1S/C7H8F3N3OS/c8-7(9,10)3-12-5(14)1-4-2-15-6(11)13-4/h2H,1,3H2,(H2,11,13)(H,12,14). The van der Waals surface area contributed by atoms with E-state index in [4.69, 9.17) is 5.73 Å². The first-order chi connectivity index (χ1) is 6.87. The fourth-order valence-electron chi connectivity index (χ4n) is 0.830. The molecule has 0 atom stereocenters. The Morgan fingerprint density at radius 1 is 1.60 bits per heavy atom. The number of alkyl halides is 3. The predicted molar refractivity (Wildman–Crippen MR) is 49.3 cm³/mol. The number of nitrogen functional groups attached to an aromatic ring is 1. The van der Waals surface area contributed by atoms with Gasteiger partial charge in [0.15, 0.2) is 5.13 Å². The molecule has 0 aliphatic rings. The largest absolute Gasteiger partial charge is 0.405 e. The van der Waals surface area contributed by atoms with Gasteiger partial charge in [-0.3, -0.25) is 4.79 Å². The summed E-state index contributed by atoms with van der Waals surface area (Å²) in [6, 6.07) is 0. The van der Waals surface area contributed by atoms with Crippen LogP contribution in [0.1, 0.15) is 5.69 Å². The Hall–Kier alpha value is -1.31. The van der Waals surface area contributed by atoms with Gasteiger partial charge in [-0.15, -0.1) is 11.3 Å². The van der Waals surface area contributed by atoms with Gasteiger partial charge in [-0.1, -0.05) is 0 Å². The second-order valence-corrected chi connectivity index (χ2v) is 3.64. The number of hydrogen-bond acceptors (Lipinski definition) is 4. The molecule has 1 amide bonds. The summed E-state index contributed by atoms with van der Waals surface area (Å²) in [5.41, 5.74) is 5.67. The molecule has 0 bridgehead atoms. The van der Waals surface area contributed by atoms with E-state index < -0.39 is 18.6 Å². The van der Waals surface area contributed by atoms with Crippen LogP contribution in [0.2, 0.25) is 0 Å². The van der Waals surface area contributed by atoms with E-state index in [-0.39, 0.29) is 11.6 Å². The van der Waals surface area contributed by atoms with E-state index >= 15 is 0 Å². The van der Waals surface area contributed by atoms with Gasteiger partial charge in [0.25, 0.3) is 0 Å². The fourth-order valence-corrected chi connectivity index (χ4v) is 1.39. The molecule has 8 heteroatoms. The third-order valence-corrected chi connectivity index (χ3v) is 2.12. The smallest absolute Gasteiger partial charge is 0.375 e. The van der Waals surface area contributed by atoms with Crippen LogP contribution in [0.25, 0.3) is 0 Å². The fraction of sp³-hybridized carbons (Fsp3) is 0.429. The number of halogens is 3. The Morgan fingerprint density at radius 2 is 2.27 bits per heavy atom. The molecule has 1 aromatic rings. The van der Waals surface area contributed by atoms with Gasteiger partial charge < -0.3 is 11.1 Å². The summed E-state index contributed by atoms with van der Waals surface area (Å²) in [6.45, 7) is -1.33. The van der Waals surface area contributed by atoms with Gasteiger partial charge in [0.05, 0.1) is 12.1 Å². The van der Waals surface area contributed by atoms with Crippen LogP contribution in [0.5, 0.6) is 0 Å². The van der Waals surface area contributed by atoms with Gasteiger partial charge in [0.2, 0.25) is 5.91 Å². The van der Waals surface area contributed by atoms with Crippen molar-refractivity contribution in [2.75, 3.05) is 12.3 Å². The number of thiazole rings is 1. The van der Waals surface area contributed by atoms with Crippen molar-refractivity contribution in [3.05, 3.63) is 11.1 Å². The zero-order valence-corrected chi connectivity index (χ0v) is 8.28. The normalized spacial score (nSPS) is 11.4. The molecule has 0 fully saturated rings. The maximum Gasteiger partial charge on any atom is 0.405 e. The highest BCUT2D eigenvalue weighted by molar-refractivity contribution is 7.13. The molecule has 84 valence electrons. The Labute approximate surface area is 87.3 Å². The minimum absolute atomic E-state index is 0.191. The predicted octanol–water partition coefficient (Wildman–Crippen LogP) is 0.946. The molecule has 0 saturated carbocycles. The highest BCUT2D eigenvalue weighted by atomic mass is 32.1. The van der Waals surface area contributed by atoms with Crippen LogP contribution in [0.15, 0.2) is 5.38 Å². The van der Waals surface area contributed by atoms with Crippen LogP contribution in [0.3, 0.4) is 0 Å². The Balaban J connectivity index is 2.37. The second kappa shape index (κ2) is 4.47. The van der Waals surface area contributed by atoms with E-state index in [1.165, 1.54) is 5.38 Å². The molecule has 1 heterocycles. The molecule has 0 aromatic carbocycles. The maximum atomic E-state index is 11.7. The van der Waals surface area contributed by atoms with E-state index in [0.717, 1.165) is 11.3 Å². The number of anilines is 1. The number of nitrogens with two attached hydrogens (primary N) is 1. The zero-order chi connectivity index (χ0) is 11.5. The lowest BCUT2D eigenvalue weighted by Gasteiger charge is -2.07. The number of rotatable bonds is 3. The van der Waals surface area contributed by atoms with E-state index in [2.05, 4.69) is 4.98 Å². The van der Waals surface area contributed by atoms with E-state index in [1.54, 1.807) is 5.32 Å². The second-order valence-electron chi connectivity index (χ2n) is 2.75. The van der Waals surface area contributed by atoms with Gasteiger partial charge in [0.1, 0.15) is 6.54 Å². The average molecular weight is 239 g/mol. The molecule has 15 heavy (non-hydrogen) atoms. The number of aromatic nitrogens is 1. The number of carbonyl (C=O) groups excluding carboxylic acids is 1. The molecule has 1 rings (SSSR count). The maximum absolute atomic E-state index is 11.7. The lowest BCUT2D eigenvalue weighted by molar-refractivity contribution is -0.138. The molecule has 3 N–H and O–H groups in total. The molecule has 0 unspecified atom stereocenters. The molecule has 0 radical (unpaired) electrons. The van der Waals surface area contributed by atoms with Crippen molar-refractivity contribution in [1.29, 1.82) is 0 Å². The molecular weight excluding hydrogens is 231 g/mol. The van der Waals surface area contributed by atoms with Crippen LogP contribution in [0, 0.1) is 0 Å². The van der Waals surface area contributed by atoms with Crippen LogP contribution in [0.4, 0.5) is 18.3 Å². The molecule has 0 saturated heterocycles. The Bertz CT molecular complexity index is 349. The topological polar surface area (TPSA) is 68.0 Å². The Kier molecular flexibility index (Phi) is 3.51. The molecule has 0 aliphatic heterocycles. The molecule has 1 aromatic heterocycles. The van der Waals surface area contributed by atoms with E-state index in [0.29, 0.717) is 5.69 Å². The minimum atomic E-state index is -4.39. The van der Waals surface area contributed by atoms with Crippen LogP contribution < -0.4 is 11.1 Å². The van der Waals surface area contributed by atoms with Crippen LogP contribution in [-0.4, -0.2) is 23.6 Å². The van der Waals surface area contributed by atoms with Gasteiger partial charge in [-0.25, -0.2) is 4.98 Å². The summed E-state index contributed by atoms with van der Waals surface area (Å²) in [6.07, 6.45) is -4.58. The quantitative estimate of drug-likeness (QED) is 0.825. The van der Waals surface area contributed by atoms with Crippen molar-refractivity contribution >= 4 is 22.4 Å². The third-order valence-electron chi connectivity index (χ3n) is 1.40. The summed E-state index contributed by atoms with van der Waals surface area (Å²) in [5.74, 6) is -0.724. The number of amides is 1. The highest BCUT2D eigenvalue weighted by Crippen LogP contribution is 2.13. The number of nitrogens with one attached hydrogen (secondary N) is 1. The number of carbonyl (C=O) groups is 1. The van der Waals surface area contributed by atoms with Crippen molar-refractivity contribution in [3.8, 4) is 0 Å². The number of hydrogen-bond donors (Lipinski definition) is 2. The van der Waals surface area contributed by atoms with Crippen molar-refractivity contribution in [3.63, 3.8) is 0 Å². The summed E-state index contributed by atoms with van der Waals surface area (Å²) in [5, 5.41) is 3.56. The van der Waals surface area contributed by atoms with Gasteiger partial charge in [-0.2, -0.15) is 13.2 Å². The van der Waals surface area contributed by atoms with Crippen LogP contribution in [-0.2, 0) is 11.2 Å². The van der Waals surface area contributed by atoms with Gasteiger partial charge in [-0.05, 0) is 0 Å². The molecule has 4 nitrogen and oxygen atoms in total. The van der Waals surface area contributed by atoms with Gasteiger partial charge >= 0.3 is 6.18 Å². The summed E-state index contributed by atoms with van der Waals surface area (Å²) >= 11 is 1.13. The van der Waals surface area contributed by atoms with Crippen molar-refractivity contribution < 1.29 is 18.0 Å². The first-order valence-electron chi connectivity index (χ1n) is 3.90. The van der Waals surface area contributed by atoms with Crippen molar-refractivity contribution in [1.82, 2.24) is 10.3 Å². The molecule has 0 spiro atoms. The highest BCUT2D eigenvalue weighted by Gasteiger charge is 2.27. The minimum Gasteiger partial charge on any atom is -0.375 e. The lowest BCUT2D eigenvalue weighted by atomic mass is 10.3. The average Bonchev–Trinajstić information content (AvgIpc) is 2.47. The zero-order valence-electron chi connectivity index (χ0n) is 7.47. The summed E-state index contributed by atoms with van der Waals surface area (Å²) in [7, 11) is 0. The van der Waals surface area contributed by atoms with Gasteiger partial charge in [0, 0.05) is 5.38 Å². The SMILES string of the molecule is Nc1nc(CC(=O)NCC(F)(F)F)cs1. The third kappa shape index (κ3) is 4.63. The molecular formula is C7H8F3N3OS.